The third-order valence-electron chi connectivity index (χ3n) is 8.13. The molecule has 0 saturated heterocycles. The first-order valence-electron chi connectivity index (χ1n) is 20.1. The Morgan fingerprint density at radius 3 is 1.71 bits per heavy atom. The van der Waals surface area contributed by atoms with Crippen molar-refractivity contribution in [1.82, 2.24) is 0 Å². The van der Waals surface area contributed by atoms with Crippen LogP contribution in [-0.4, -0.2) is 74.9 Å². The van der Waals surface area contributed by atoms with E-state index in [2.05, 4.69) is 44.2 Å². The van der Waals surface area contributed by atoms with Crippen molar-refractivity contribution < 1.29 is 42.1 Å². The molecule has 1 unspecified atom stereocenters. The molecule has 300 valence electrons. The van der Waals surface area contributed by atoms with Gasteiger partial charge in [0.25, 0.3) is 0 Å². The summed E-state index contributed by atoms with van der Waals surface area (Å²) in [4.78, 5) is 35.2. The molecule has 0 aromatic carbocycles. The Hall–Kier alpha value is -2.29. The standard InChI is InChI=1S/C42H74NO8P/c1-6-8-10-12-14-16-18-20-21-23-25-27-29-31-33-35-42(45)51-40(39-50-52(46,47)49-37-36-43(3,4)5)38-48-41(44)34-32-30-28-26-24-22-19-17-15-13-11-9-7-2/h8,10,12,14,16,18,20-22,24,40H,6-7,9,11,13,15,17,19,23,25-39H2,1-5H3/p+1/b10-8+,14-12+,18-16+,21-20+,24-22+/t40-/m1/s1. The minimum Gasteiger partial charge on any atom is -0.462 e. The lowest BCUT2D eigenvalue weighted by Gasteiger charge is -2.24. The van der Waals surface area contributed by atoms with Crippen molar-refractivity contribution in [3.63, 3.8) is 0 Å². The van der Waals surface area contributed by atoms with E-state index in [1.54, 1.807) is 0 Å². The molecule has 0 amide bonds. The highest BCUT2D eigenvalue weighted by Crippen LogP contribution is 2.43. The van der Waals surface area contributed by atoms with Crippen LogP contribution in [0.15, 0.2) is 60.8 Å². The summed E-state index contributed by atoms with van der Waals surface area (Å²) >= 11 is 0. The Kier molecular flexibility index (Phi) is 33.0. The molecule has 0 fully saturated rings. The summed E-state index contributed by atoms with van der Waals surface area (Å²) in [5.41, 5.74) is 0. The second kappa shape index (κ2) is 34.5. The van der Waals surface area contributed by atoms with Gasteiger partial charge in [0, 0.05) is 12.8 Å². The van der Waals surface area contributed by atoms with Crippen LogP contribution >= 0.6 is 7.82 Å². The largest absolute Gasteiger partial charge is 0.472 e. The fourth-order valence-corrected chi connectivity index (χ4v) is 5.70. The van der Waals surface area contributed by atoms with Crippen LogP contribution in [-0.2, 0) is 32.7 Å². The molecule has 0 rings (SSSR count). The van der Waals surface area contributed by atoms with E-state index in [-0.39, 0.29) is 26.1 Å². The first-order valence-corrected chi connectivity index (χ1v) is 21.6. The van der Waals surface area contributed by atoms with Crippen LogP contribution in [0.2, 0.25) is 0 Å². The number of phosphoric acid groups is 1. The number of likely N-dealkylation sites (N-methyl/N-ethyl adjacent to an activating group) is 1. The molecule has 0 spiro atoms. The van der Waals surface area contributed by atoms with E-state index in [1.165, 1.54) is 38.5 Å². The normalized spacial score (nSPS) is 14.3. The molecule has 0 aliphatic rings. The van der Waals surface area contributed by atoms with Gasteiger partial charge in [0.2, 0.25) is 0 Å². The number of carbonyl (C=O) groups excluding carboxylic acids is 2. The highest BCUT2D eigenvalue weighted by molar-refractivity contribution is 7.47. The Morgan fingerprint density at radius 1 is 0.615 bits per heavy atom. The molecule has 0 radical (unpaired) electrons. The molecule has 0 heterocycles. The third kappa shape index (κ3) is 37.5. The van der Waals surface area contributed by atoms with Crippen LogP contribution in [0.3, 0.4) is 0 Å². The lowest BCUT2D eigenvalue weighted by atomic mass is 10.1. The van der Waals surface area contributed by atoms with Gasteiger partial charge in [0.05, 0.1) is 27.7 Å². The lowest BCUT2D eigenvalue weighted by molar-refractivity contribution is -0.870. The maximum atomic E-state index is 12.6. The molecule has 52 heavy (non-hydrogen) atoms. The summed E-state index contributed by atoms with van der Waals surface area (Å²) in [6, 6.07) is 0. The van der Waals surface area contributed by atoms with Crippen molar-refractivity contribution in [1.29, 1.82) is 0 Å². The van der Waals surface area contributed by atoms with Gasteiger partial charge in [-0.2, -0.15) is 0 Å². The van der Waals surface area contributed by atoms with E-state index >= 15 is 0 Å². The number of carbonyl (C=O) groups is 2. The number of unbranched alkanes of at least 4 members (excludes halogenated alkanes) is 14. The van der Waals surface area contributed by atoms with Crippen molar-refractivity contribution in [2.75, 3.05) is 47.5 Å². The van der Waals surface area contributed by atoms with E-state index in [4.69, 9.17) is 18.5 Å². The minimum absolute atomic E-state index is 0.0216. The van der Waals surface area contributed by atoms with Gasteiger partial charge in [0.15, 0.2) is 6.10 Å². The summed E-state index contributed by atoms with van der Waals surface area (Å²) in [7, 11) is 1.44. The van der Waals surface area contributed by atoms with Crippen LogP contribution in [0.25, 0.3) is 0 Å². The zero-order chi connectivity index (χ0) is 38.6. The fourth-order valence-electron chi connectivity index (χ4n) is 4.96. The van der Waals surface area contributed by atoms with Crippen molar-refractivity contribution in [2.45, 2.75) is 148 Å². The van der Waals surface area contributed by atoms with Gasteiger partial charge < -0.3 is 18.9 Å². The van der Waals surface area contributed by atoms with E-state index < -0.39 is 32.5 Å². The zero-order valence-corrected chi connectivity index (χ0v) is 34.4. The zero-order valence-electron chi connectivity index (χ0n) is 33.5. The number of rotatable bonds is 35. The van der Waals surface area contributed by atoms with E-state index in [1.807, 2.05) is 51.5 Å². The minimum atomic E-state index is -4.38. The average Bonchev–Trinajstić information content (AvgIpc) is 3.09. The number of ether oxygens (including phenoxy) is 2. The van der Waals surface area contributed by atoms with Gasteiger partial charge in [-0.1, -0.05) is 132 Å². The molecule has 0 aromatic heterocycles. The SMILES string of the molecule is CC/C=C/C=C/C=C/C=C/CCCCCCCC(=O)O[C@H](COC(=O)CCCCC/C=C/CCCCCCCC)COP(=O)(O)OCC[N+](C)(C)C. The van der Waals surface area contributed by atoms with Gasteiger partial charge in [0.1, 0.15) is 19.8 Å². The van der Waals surface area contributed by atoms with Gasteiger partial charge in [-0.25, -0.2) is 4.57 Å². The lowest BCUT2D eigenvalue weighted by Crippen LogP contribution is -2.37. The molecule has 9 nitrogen and oxygen atoms in total. The highest BCUT2D eigenvalue weighted by atomic mass is 31.2. The molecule has 1 N–H and O–H groups in total. The van der Waals surface area contributed by atoms with Crippen LogP contribution in [0.5, 0.6) is 0 Å². The number of esters is 2. The molecule has 0 aliphatic carbocycles. The first kappa shape index (κ1) is 49.7. The van der Waals surface area contributed by atoms with E-state index in [9.17, 15) is 19.0 Å². The summed E-state index contributed by atoms with van der Waals surface area (Å²) in [5, 5.41) is 0. The van der Waals surface area contributed by atoms with Crippen molar-refractivity contribution >= 4 is 19.8 Å². The van der Waals surface area contributed by atoms with Gasteiger partial charge >= 0.3 is 19.8 Å². The Labute approximate surface area is 317 Å². The summed E-state index contributed by atoms with van der Waals surface area (Å²) in [6.07, 6.45) is 39.8. The molecular formula is C42H75NO8P+. The second-order valence-electron chi connectivity index (χ2n) is 14.4. The van der Waals surface area contributed by atoms with Crippen LogP contribution in [0, 0.1) is 0 Å². The summed E-state index contributed by atoms with van der Waals surface area (Å²) in [6.45, 7) is 4.20. The van der Waals surface area contributed by atoms with E-state index in [0.717, 1.165) is 64.2 Å². The van der Waals surface area contributed by atoms with Crippen molar-refractivity contribution in [3.8, 4) is 0 Å². The predicted octanol–water partition coefficient (Wildman–Crippen LogP) is 10.9. The number of nitrogens with zero attached hydrogens (tertiary/aromatic N) is 1. The quantitative estimate of drug-likeness (QED) is 0.0170. The Bertz CT molecular complexity index is 1080. The summed E-state index contributed by atoms with van der Waals surface area (Å²) < 4.78 is 34.2. The summed E-state index contributed by atoms with van der Waals surface area (Å²) in [5.74, 6) is -0.851. The van der Waals surface area contributed by atoms with Gasteiger partial charge in [-0.05, 0) is 57.8 Å². The number of hydrogen-bond acceptors (Lipinski definition) is 7. The molecule has 0 aliphatic heterocycles. The van der Waals surface area contributed by atoms with Crippen LogP contribution in [0.1, 0.15) is 142 Å². The molecule has 0 aromatic rings. The second-order valence-corrected chi connectivity index (χ2v) is 15.8. The van der Waals surface area contributed by atoms with E-state index in [0.29, 0.717) is 23.9 Å². The van der Waals surface area contributed by atoms with Crippen LogP contribution in [0.4, 0.5) is 0 Å². The molecule has 0 saturated carbocycles. The topological polar surface area (TPSA) is 108 Å². The number of quaternary nitrogens is 1. The maximum Gasteiger partial charge on any atom is 0.472 e. The Morgan fingerprint density at radius 2 is 1.12 bits per heavy atom. The molecule has 10 heteroatoms. The van der Waals surface area contributed by atoms with Crippen molar-refractivity contribution in [3.05, 3.63) is 60.8 Å². The third-order valence-corrected chi connectivity index (χ3v) is 9.11. The predicted molar refractivity (Wildman–Crippen MR) is 215 cm³/mol. The maximum absolute atomic E-state index is 12.6. The molecular weight excluding hydrogens is 677 g/mol. The number of hydrogen-bond donors (Lipinski definition) is 1. The van der Waals surface area contributed by atoms with Gasteiger partial charge in [-0.15, -0.1) is 0 Å². The highest BCUT2D eigenvalue weighted by Gasteiger charge is 2.27. The number of phosphoric ester groups is 1. The van der Waals surface area contributed by atoms with Gasteiger partial charge in [-0.3, -0.25) is 18.6 Å². The molecule has 0 bridgehead atoms. The van der Waals surface area contributed by atoms with Crippen molar-refractivity contribution in [2.24, 2.45) is 0 Å². The fraction of sp³-hybridized carbons (Fsp3) is 0.714. The smallest absolute Gasteiger partial charge is 0.462 e. The Balaban J connectivity index is 4.50. The first-order chi connectivity index (χ1) is 25.0. The number of allylic oxidation sites excluding steroid dienone is 10. The monoisotopic (exact) mass is 753 g/mol. The average molecular weight is 753 g/mol. The van der Waals surface area contributed by atoms with Crippen LogP contribution < -0.4 is 0 Å². The molecule has 2 atom stereocenters.